The quantitative estimate of drug-likeness (QED) is 0.811. The molecule has 1 aliphatic rings. The lowest BCUT2D eigenvalue weighted by Gasteiger charge is -2.00. The number of hydrogen-bond acceptors (Lipinski definition) is 5. The molecule has 84 valence electrons. The van der Waals surface area contributed by atoms with Crippen molar-refractivity contribution in [2.75, 3.05) is 18.9 Å². The van der Waals surface area contributed by atoms with Crippen molar-refractivity contribution in [2.45, 2.75) is 16.9 Å². The first-order valence-corrected chi connectivity index (χ1v) is 6.10. The average molecular weight is 236 g/mol. The van der Waals surface area contributed by atoms with Gasteiger partial charge in [-0.2, -0.15) is 0 Å². The molecule has 2 N–H and O–H groups in total. The van der Waals surface area contributed by atoms with Crippen molar-refractivity contribution in [3.05, 3.63) is 18.2 Å². The van der Waals surface area contributed by atoms with E-state index in [1.165, 1.54) is 0 Å². The van der Waals surface area contributed by atoms with Crippen molar-refractivity contribution in [3.63, 3.8) is 0 Å². The summed E-state index contributed by atoms with van der Waals surface area (Å²) in [7, 11) is 0. The van der Waals surface area contributed by atoms with Crippen LogP contribution in [-0.2, 0) is 4.74 Å². The molecule has 0 bridgehead atoms. The van der Waals surface area contributed by atoms with E-state index in [1.54, 1.807) is 17.8 Å². The minimum absolute atomic E-state index is 0.463. The molecule has 0 amide bonds. The van der Waals surface area contributed by atoms with E-state index in [2.05, 4.69) is 4.98 Å². The largest absolute Gasteiger partial charge is 0.431 e. The molecular formula is C11H12N2O2S. The van der Waals surface area contributed by atoms with Gasteiger partial charge in [0.2, 0.25) is 0 Å². The van der Waals surface area contributed by atoms with E-state index in [4.69, 9.17) is 14.9 Å². The molecule has 0 aliphatic carbocycles. The predicted octanol–water partition coefficient (Wildman–Crippen LogP) is 2.29. The van der Waals surface area contributed by atoms with E-state index < -0.39 is 0 Å². The molecule has 1 atom stereocenters. The van der Waals surface area contributed by atoms with E-state index in [-0.39, 0.29) is 0 Å². The number of aromatic nitrogens is 1. The second-order valence-corrected chi connectivity index (χ2v) is 5.06. The number of nitrogens with zero attached hydrogens (tertiary/aromatic N) is 1. The Morgan fingerprint density at radius 2 is 2.38 bits per heavy atom. The van der Waals surface area contributed by atoms with Gasteiger partial charge in [-0.1, -0.05) is 11.8 Å². The minimum Gasteiger partial charge on any atom is -0.431 e. The van der Waals surface area contributed by atoms with Crippen molar-refractivity contribution < 1.29 is 9.15 Å². The van der Waals surface area contributed by atoms with Crippen LogP contribution in [0.5, 0.6) is 0 Å². The summed E-state index contributed by atoms with van der Waals surface area (Å²) in [6.07, 6.45) is 1.06. The summed E-state index contributed by atoms with van der Waals surface area (Å²) in [5, 5.41) is 1.17. The summed E-state index contributed by atoms with van der Waals surface area (Å²) in [5.41, 5.74) is 7.99. The Bertz CT molecular complexity index is 506. The van der Waals surface area contributed by atoms with Crippen LogP contribution in [0, 0.1) is 0 Å². The zero-order valence-corrected chi connectivity index (χ0v) is 9.50. The van der Waals surface area contributed by atoms with Crippen molar-refractivity contribution >= 4 is 28.5 Å². The normalized spacial score (nSPS) is 20.6. The maximum absolute atomic E-state index is 5.68. The highest BCUT2D eigenvalue weighted by Gasteiger charge is 2.19. The van der Waals surface area contributed by atoms with Gasteiger partial charge in [0.15, 0.2) is 5.58 Å². The standard InChI is InChI=1S/C11H12N2O2S/c12-7-1-2-9-10(5-7)15-11(13-9)16-8-3-4-14-6-8/h1-2,5,8H,3-4,6,12H2. The predicted molar refractivity (Wildman–Crippen MR) is 63.5 cm³/mol. The molecule has 5 heteroatoms. The number of hydrogen-bond donors (Lipinski definition) is 1. The number of nitrogens with two attached hydrogens (primary N) is 1. The van der Waals surface area contributed by atoms with E-state index in [1.807, 2.05) is 12.1 Å². The Balaban J connectivity index is 1.86. The molecule has 1 fully saturated rings. The van der Waals surface area contributed by atoms with Crippen LogP contribution in [0.15, 0.2) is 27.8 Å². The molecule has 0 radical (unpaired) electrons. The van der Waals surface area contributed by atoms with E-state index in [0.29, 0.717) is 16.2 Å². The first-order chi connectivity index (χ1) is 7.81. The summed E-state index contributed by atoms with van der Waals surface area (Å²) >= 11 is 1.64. The molecule has 2 heterocycles. The third-order valence-electron chi connectivity index (χ3n) is 2.55. The van der Waals surface area contributed by atoms with Crippen LogP contribution in [-0.4, -0.2) is 23.4 Å². The van der Waals surface area contributed by atoms with Gasteiger partial charge >= 0.3 is 0 Å². The molecule has 4 nitrogen and oxygen atoms in total. The van der Waals surface area contributed by atoms with Crippen molar-refractivity contribution in [2.24, 2.45) is 0 Å². The number of anilines is 1. The SMILES string of the molecule is Nc1ccc2nc(SC3CCOC3)oc2c1. The summed E-state index contributed by atoms with van der Waals surface area (Å²) < 4.78 is 10.9. The third-order valence-corrected chi connectivity index (χ3v) is 3.63. The fourth-order valence-electron chi connectivity index (χ4n) is 1.72. The molecule has 1 unspecified atom stereocenters. The van der Waals surface area contributed by atoms with Crippen LogP contribution in [0.4, 0.5) is 5.69 Å². The highest BCUT2D eigenvalue weighted by Crippen LogP contribution is 2.30. The maximum Gasteiger partial charge on any atom is 0.257 e. The molecule has 2 aromatic rings. The van der Waals surface area contributed by atoms with Gasteiger partial charge < -0.3 is 14.9 Å². The van der Waals surface area contributed by atoms with Gasteiger partial charge in [-0.3, -0.25) is 0 Å². The van der Waals surface area contributed by atoms with Gasteiger partial charge in [-0.05, 0) is 18.6 Å². The molecule has 1 aromatic heterocycles. The number of benzene rings is 1. The third kappa shape index (κ3) is 1.88. The molecular weight excluding hydrogens is 224 g/mol. The number of rotatable bonds is 2. The van der Waals surface area contributed by atoms with Gasteiger partial charge in [0.25, 0.3) is 5.22 Å². The molecule has 3 rings (SSSR count). The first-order valence-electron chi connectivity index (χ1n) is 5.22. The minimum atomic E-state index is 0.463. The van der Waals surface area contributed by atoms with Crippen LogP contribution in [0.1, 0.15) is 6.42 Å². The lowest BCUT2D eigenvalue weighted by Crippen LogP contribution is -1.99. The van der Waals surface area contributed by atoms with Gasteiger partial charge in [0.05, 0.1) is 6.61 Å². The summed E-state index contributed by atoms with van der Waals surface area (Å²) in [6.45, 7) is 1.62. The maximum atomic E-state index is 5.68. The Labute approximate surface area is 97.2 Å². The van der Waals surface area contributed by atoms with Crippen molar-refractivity contribution in [1.29, 1.82) is 0 Å². The van der Waals surface area contributed by atoms with Gasteiger partial charge in [-0.25, -0.2) is 4.98 Å². The molecule has 16 heavy (non-hydrogen) atoms. The lowest BCUT2D eigenvalue weighted by atomic mass is 10.3. The highest BCUT2D eigenvalue weighted by atomic mass is 32.2. The van der Waals surface area contributed by atoms with Crippen molar-refractivity contribution in [3.8, 4) is 0 Å². The second-order valence-electron chi connectivity index (χ2n) is 3.81. The zero-order chi connectivity index (χ0) is 11.0. The lowest BCUT2D eigenvalue weighted by molar-refractivity contribution is 0.199. The van der Waals surface area contributed by atoms with Gasteiger partial charge in [-0.15, -0.1) is 0 Å². The number of fused-ring (bicyclic) bond motifs is 1. The van der Waals surface area contributed by atoms with Crippen LogP contribution in [0.25, 0.3) is 11.1 Å². The van der Waals surface area contributed by atoms with Crippen LogP contribution in [0.2, 0.25) is 0 Å². The zero-order valence-electron chi connectivity index (χ0n) is 8.68. The highest BCUT2D eigenvalue weighted by molar-refractivity contribution is 7.99. The van der Waals surface area contributed by atoms with Crippen LogP contribution in [0.3, 0.4) is 0 Å². The van der Waals surface area contributed by atoms with E-state index >= 15 is 0 Å². The fourth-order valence-corrected chi connectivity index (χ4v) is 2.67. The summed E-state index contributed by atoms with van der Waals surface area (Å²) in [5.74, 6) is 0. The molecule has 1 aromatic carbocycles. The van der Waals surface area contributed by atoms with Gasteiger partial charge in [0, 0.05) is 23.6 Å². The molecule has 1 saturated heterocycles. The van der Waals surface area contributed by atoms with E-state index in [9.17, 15) is 0 Å². The van der Waals surface area contributed by atoms with Gasteiger partial charge in [0.1, 0.15) is 5.52 Å². The Morgan fingerprint density at radius 1 is 1.44 bits per heavy atom. The topological polar surface area (TPSA) is 61.3 Å². The Kier molecular flexibility index (Phi) is 2.49. The second kappa shape index (κ2) is 3.99. The van der Waals surface area contributed by atoms with Crippen LogP contribution < -0.4 is 5.73 Å². The smallest absolute Gasteiger partial charge is 0.257 e. The van der Waals surface area contributed by atoms with Crippen LogP contribution >= 0.6 is 11.8 Å². The Morgan fingerprint density at radius 3 is 3.19 bits per heavy atom. The number of ether oxygens (including phenoxy) is 1. The first kappa shape index (κ1) is 9.99. The molecule has 1 aliphatic heterocycles. The molecule has 0 saturated carbocycles. The number of nitrogen functional groups attached to an aromatic ring is 1. The Hall–Kier alpha value is -1.20. The monoisotopic (exact) mass is 236 g/mol. The fraction of sp³-hybridized carbons (Fsp3) is 0.364. The van der Waals surface area contributed by atoms with E-state index in [0.717, 1.165) is 30.7 Å². The number of thioether (sulfide) groups is 1. The molecule has 0 spiro atoms. The number of oxazole rings is 1. The van der Waals surface area contributed by atoms with Crippen molar-refractivity contribution in [1.82, 2.24) is 4.98 Å². The summed E-state index contributed by atoms with van der Waals surface area (Å²) in [4.78, 5) is 4.40. The average Bonchev–Trinajstić information content (AvgIpc) is 2.86. The summed E-state index contributed by atoms with van der Waals surface area (Å²) in [6, 6.07) is 5.51.